The van der Waals surface area contributed by atoms with E-state index in [1.807, 2.05) is 25.1 Å². The van der Waals surface area contributed by atoms with Gasteiger partial charge < -0.3 is 9.47 Å². The molecule has 0 radical (unpaired) electrons. The summed E-state index contributed by atoms with van der Waals surface area (Å²) in [6, 6.07) is 9.52. The van der Waals surface area contributed by atoms with E-state index in [2.05, 4.69) is 11.0 Å². The molecule has 0 amide bonds. The molecule has 2 rings (SSSR count). The Balaban J connectivity index is 1.71. The van der Waals surface area contributed by atoms with E-state index in [0.29, 0.717) is 24.0 Å². The highest BCUT2D eigenvalue weighted by atomic mass is 16.5. The summed E-state index contributed by atoms with van der Waals surface area (Å²) in [5, 5.41) is 8.99. The molecule has 0 bridgehead atoms. The Morgan fingerprint density at radius 3 is 2.75 bits per heavy atom. The van der Waals surface area contributed by atoms with Crippen molar-refractivity contribution in [2.45, 2.75) is 25.9 Å². The van der Waals surface area contributed by atoms with Crippen molar-refractivity contribution in [2.75, 3.05) is 32.8 Å². The van der Waals surface area contributed by atoms with Crippen molar-refractivity contribution in [1.29, 1.82) is 5.26 Å². The standard InChI is InChI=1S/C16H22N2O2/c1-2-19-15-7-9-18(10-8-15)11-12-20-16-6-4-3-5-14(16)13-17/h3-6,15H,2,7-12H2,1H3. The molecular formula is C16H22N2O2. The maximum atomic E-state index is 8.99. The van der Waals surface area contributed by atoms with E-state index < -0.39 is 0 Å². The highest BCUT2D eigenvalue weighted by Gasteiger charge is 2.18. The van der Waals surface area contributed by atoms with E-state index in [1.165, 1.54) is 0 Å². The zero-order chi connectivity index (χ0) is 14.2. The van der Waals surface area contributed by atoms with E-state index in [-0.39, 0.29) is 0 Å². The van der Waals surface area contributed by atoms with Crippen LogP contribution in [0.2, 0.25) is 0 Å². The summed E-state index contributed by atoms with van der Waals surface area (Å²) < 4.78 is 11.4. The summed E-state index contributed by atoms with van der Waals surface area (Å²) in [6.07, 6.45) is 2.63. The number of nitriles is 1. The predicted molar refractivity (Wildman–Crippen MR) is 77.7 cm³/mol. The monoisotopic (exact) mass is 274 g/mol. The smallest absolute Gasteiger partial charge is 0.137 e. The second-order valence-corrected chi connectivity index (χ2v) is 4.95. The molecule has 1 aliphatic rings. The molecule has 1 fully saturated rings. The fourth-order valence-corrected chi connectivity index (χ4v) is 2.50. The number of rotatable bonds is 6. The van der Waals surface area contributed by atoms with Gasteiger partial charge in [0, 0.05) is 26.2 Å². The van der Waals surface area contributed by atoms with Crippen LogP contribution in [0.3, 0.4) is 0 Å². The quantitative estimate of drug-likeness (QED) is 0.799. The Morgan fingerprint density at radius 2 is 2.05 bits per heavy atom. The number of hydrogen-bond donors (Lipinski definition) is 0. The van der Waals surface area contributed by atoms with Crippen LogP contribution in [0.4, 0.5) is 0 Å². The number of benzene rings is 1. The number of para-hydroxylation sites is 1. The first kappa shape index (κ1) is 14.8. The van der Waals surface area contributed by atoms with Gasteiger partial charge in [-0.05, 0) is 31.9 Å². The van der Waals surface area contributed by atoms with Crippen LogP contribution < -0.4 is 4.74 Å². The van der Waals surface area contributed by atoms with Crippen molar-refractivity contribution in [2.24, 2.45) is 0 Å². The van der Waals surface area contributed by atoms with E-state index in [4.69, 9.17) is 14.7 Å². The third-order valence-electron chi connectivity index (χ3n) is 3.61. The van der Waals surface area contributed by atoms with Crippen LogP contribution in [-0.4, -0.2) is 43.9 Å². The maximum Gasteiger partial charge on any atom is 0.137 e. The normalized spacial score (nSPS) is 16.8. The Labute approximate surface area is 120 Å². The Bertz CT molecular complexity index is 448. The largest absolute Gasteiger partial charge is 0.491 e. The number of likely N-dealkylation sites (tertiary alicyclic amines) is 1. The Hall–Kier alpha value is -1.57. The van der Waals surface area contributed by atoms with Crippen molar-refractivity contribution in [1.82, 2.24) is 4.90 Å². The van der Waals surface area contributed by atoms with Gasteiger partial charge in [0.2, 0.25) is 0 Å². The molecule has 0 spiro atoms. The summed E-state index contributed by atoms with van der Waals surface area (Å²) in [5.74, 6) is 0.680. The lowest BCUT2D eigenvalue weighted by Gasteiger charge is -2.31. The number of ether oxygens (including phenoxy) is 2. The molecule has 1 aromatic carbocycles. The molecule has 0 aliphatic carbocycles. The molecule has 0 saturated carbocycles. The third-order valence-corrected chi connectivity index (χ3v) is 3.61. The molecule has 1 heterocycles. The molecule has 0 atom stereocenters. The minimum Gasteiger partial charge on any atom is -0.491 e. The molecule has 108 valence electrons. The Morgan fingerprint density at radius 1 is 1.30 bits per heavy atom. The van der Waals surface area contributed by atoms with Crippen molar-refractivity contribution >= 4 is 0 Å². The zero-order valence-electron chi connectivity index (χ0n) is 12.0. The van der Waals surface area contributed by atoms with Gasteiger partial charge in [-0.15, -0.1) is 0 Å². The van der Waals surface area contributed by atoms with E-state index >= 15 is 0 Å². The van der Waals surface area contributed by atoms with Crippen molar-refractivity contribution in [3.05, 3.63) is 29.8 Å². The van der Waals surface area contributed by atoms with Gasteiger partial charge in [-0.2, -0.15) is 5.26 Å². The molecule has 4 heteroatoms. The van der Waals surface area contributed by atoms with Crippen LogP contribution in [0, 0.1) is 11.3 Å². The summed E-state index contributed by atoms with van der Waals surface area (Å²) in [4.78, 5) is 2.39. The molecule has 0 aromatic heterocycles. The molecule has 20 heavy (non-hydrogen) atoms. The molecule has 0 N–H and O–H groups in total. The van der Waals surface area contributed by atoms with E-state index in [1.54, 1.807) is 6.07 Å². The van der Waals surface area contributed by atoms with Crippen molar-refractivity contribution in [3.8, 4) is 11.8 Å². The van der Waals surface area contributed by atoms with Crippen LogP contribution in [0.5, 0.6) is 5.75 Å². The van der Waals surface area contributed by atoms with Crippen LogP contribution in [0.15, 0.2) is 24.3 Å². The summed E-state index contributed by atoms with van der Waals surface area (Å²) in [6.45, 7) is 6.50. The lowest BCUT2D eigenvalue weighted by molar-refractivity contribution is 0.0119. The highest BCUT2D eigenvalue weighted by Crippen LogP contribution is 2.17. The molecule has 1 aliphatic heterocycles. The van der Waals surface area contributed by atoms with Crippen molar-refractivity contribution in [3.63, 3.8) is 0 Å². The lowest BCUT2D eigenvalue weighted by Crippen LogP contribution is -2.39. The average Bonchev–Trinajstić information content (AvgIpc) is 2.50. The van der Waals surface area contributed by atoms with Gasteiger partial charge in [0.15, 0.2) is 0 Å². The average molecular weight is 274 g/mol. The predicted octanol–water partition coefficient (Wildman–Crippen LogP) is 2.44. The highest BCUT2D eigenvalue weighted by molar-refractivity contribution is 5.42. The van der Waals surface area contributed by atoms with Crippen LogP contribution in [0.1, 0.15) is 25.3 Å². The second-order valence-electron chi connectivity index (χ2n) is 4.95. The summed E-state index contributed by atoms with van der Waals surface area (Å²) in [7, 11) is 0. The number of piperidine rings is 1. The van der Waals surface area contributed by atoms with Crippen LogP contribution >= 0.6 is 0 Å². The summed E-state index contributed by atoms with van der Waals surface area (Å²) >= 11 is 0. The summed E-state index contributed by atoms with van der Waals surface area (Å²) in [5.41, 5.74) is 0.600. The number of nitrogens with zero attached hydrogens (tertiary/aromatic N) is 2. The topological polar surface area (TPSA) is 45.5 Å². The van der Waals surface area contributed by atoms with Gasteiger partial charge in [-0.25, -0.2) is 0 Å². The van der Waals surface area contributed by atoms with Gasteiger partial charge in [0.05, 0.1) is 11.7 Å². The number of hydrogen-bond acceptors (Lipinski definition) is 4. The van der Waals surface area contributed by atoms with E-state index in [9.17, 15) is 0 Å². The fraction of sp³-hybridized carbons (Fsp3) is 0.562. The van der Waals surface area contributed by atoms with Crippen LogP contribution in [0.25, 0.3) is 0 Å². The molecule has 1 saturated heterocycles. The SMILES string of the molecule is CCOC1CCN(CCOc2ccccc2C#N)CC1. The van der Waals surface area contributed by atoms with E-state index in [0.717, 1.165) is 39.1 Å². The minimum atomic E-state index is 0.427. The first-order chi connectivity index (χ1) is 9.83. The van der Waals surface area contributed by atoms with Gasteiger partial charge in [0.1, 0.15) is 18.4 Å². The van der Waals surface area contributed by atoms with Gasteiger partial charge in [0.25, 0.3) is 0 Å². The molecular weight excluding hydrogens is 252 g/mol. The van der Waals surface area contributed by atoms with Crippen molar-refractivity contribution < 1.29 is 9.47 Å². The molecule has 0 unspecified atom stereocenters. The minimum absolute atomic E-state index is 0.427. The van der Waals surface area contributed by atoms with Gasteiger partial charge in [-0.1, -0.05) is 12.1 Å². The van der Waals surface area contributed by atoms with Gasteiger partial charge in [-0.3, -0.25) is 4.90 Å². The zero-order valence-corrected chi connectivity index (χ0v) is 12.0. The lowest BCUT2D eigenvalue weighted by atomic mass is 10.1. The first-order valence-corrected chi connectivity index (χ1v) is 7.29. The van der Waals surface area contributed by atoms with Gasteiger partial charge >= 0.3 is 0 Å². The molecule has 4 nitrogen and oxygen atoms in total. The third kappa shape index (κ3) is 4.22. The fourth-order valence-electron chi connectivity index (χ4n) is 2.50. The van der Waals surface area contributed by atoms with Crippen LogP contribution in [-0.2, 0) is 4.74 Å². The second kappa shape index (κ2) is 7.88. The Kier molecular flexibility index (Phi) is 5.85. The maximum absolute atomic E-state index is 8.99. The first-order valence-electron chi connectivity index (χ1n) is 7.29. The molecule has 1 aromatic rings.